The maximum atomic E-state index is 14.3. The molecule has 3 amide bonds. The fourth-order valence-corrected chi connectivity index (χ4v) is 9.32. The van der Waals surface area contributed by atoms with Crippen molar-refractivity contribution < 1.29 is 19.5 Å². The van der Waals surface area contributed by atoms with E-state index in [1.54, 1.807) is 23.9 Å². The van der Waals surface area contributed by atoms with E-state index in [0.717, 1.165) is 51.4 Å². The average molecular weight is 548 g/mol. The van der Waals surface area contributed by atoms with Gasteiger partial charge in [0.1, 0.15) is 6.04 Å². The molecule has 0 aromatic heterocycles. The zero-order chi connectivity index (χ0) is 27.9. The Morgan fingerprint density at radius 2 is 1.68 bits per heavy atom. The van der Waals surface area contributed by atoms with Gasteiger partial charge in [0.15, 0.2) is 0 Å². The zero-order valence-electron chi connectivity index (χ0n) is 23.8. The van der Waals surface area contributed by atoms with Crippen molar-refractivity contribution in [3.05, 3.63) is 25.3 Å². The molecule has 3 heterocycles. The first-order valence-corrected chi connectivity index (χ1v) is 15.5. The maximum Gasteiger partial charge on any atom is 0.247 e. The molecule has 3 saturated heterocycles. The number of aliphatic hydroxyl groups excluding tert-OH is 1. The van der Waals surface area contributed by atoms with Crippen molar-refractivity contribution in [2.75, 3.05) is 39.3 Å². The Morgan fingerprint density at radius 3 is 2.29 bits per heavy atom. The molecular formula is C30H49N3O4S. The van der Waals surface area contributed by atoms with Crippen molar-refractivity contribution in [3.8, 4) is 0 Å². The van der Waals surface area contributed by atoms with E-state index in [9.17, 15) is 19.5 Å². The van der Waals surface area contributed by atoms with E-state index >= 15 is 0 Å². The van der Waals surface area contributed by atoms with Crippen molar-refractivity contribution in [2.45, 2.75) is 94.1 Å². The van der Waals surface area contributed by atoms with Gasteiger partial charge in [-0.1, -0.05) is 38.8 Å². The molecule has 0 aliphatic carbocycles. The Kier molecular flexibility index (Phi) is 10.9. The summed E-state index contributed by atoms with van der Waals surface area (Å²) in [6.07, 6.45) is 11.2. The highest BCUT2D eigenvalue weighted by molar-refractivity contribution is 8.02. The fraction of sp³-hybridized carbons (Fsp3) is 0.767. The summed E-state index contributed by atoms with van der Waals surface area (Å²) in [5.41, 5.74) is 0. The lowest BCUT2D eigenvalue weighted by molar-refractivity contribution is -0.145. The predicted octanol–water partition coefficient (Wildman–Crippen LogP) is 4.26. The highest BCUT2D eigenvalue weighted by Gasteiger charge is 2.77. The van der Waals surface area contributed by atoms with Crippen molar-refractivity contribution in [3.63, 3.8) is 0 Å². The van der Waals surface area contributed by atoms with E-state index in [-0.39, 0.29) is 29.1 Å². The number of unbranched alkanes of at least 4 members (excludes halogenated alkanes) is 4. The lowest BCUT2D eigenvalue weighted by atomic mass is 9.66. The number of carbonyl (C=O) groups excluding carboxylic acids is 3. The Hall–Kier alpha value is -1.80. The molecular weight excluding hydrogens is 498 g/mol. The molecule has 0 aromatic carbocycles. The zero-order valence-corrected chi connectivity index (χ0v) is 24.6. The molecule has 0 radical (unpaired) electrons. The van der Waals surface area contributed by atoms with Crippen LogP contribution in [-0.4, -0.2) is 92.4 Å². The molecule has 214 valence electrons. The van der Waals surface area contributed by atoms with Gasteiger partial charge in [0.05, 0.1) is 16.6 Å². The molecule has 3 aliphatic heterocycles. The number of rotatable bonds is 17. The summed E-state index contributed by atoms with van der Waals surface area (Å²) in [5, 5.41) is 9.26. The Bertz CT molecular complexity index is 882. The molecule has 7 nitrogen and oxygen atoms in total. The SMILES string of the molecule is C=CCN(CCCCC)C(=O)C1N(CCCCCO)C(=O)[C@@H]2[C@@H](C(=O)N(CC=C)CCC)[C@@]3(C)CCC12S3. The Morgan fingerprint density at radius 1 is 1.00 bits per heavy atom. The summed E-state index contributed by atoms with van der Waals surface area (Å²) >= 11 is 1.74. The molecule has 8 heteroatoms. The van der Waals surface area contributed by atoms with Gasteiger partial charge < -0.3 is 19.8 Å². The fourth-order valence-electron chi connectivity index (χ4n) is 6.98. The second kappa shape index (κ2) is 13.5. The molecule has 1 N–H and O–H groups in total. The average Bonchev–Trinajstić information content (AvgIpc) is 3.46. The van der Waals surface area contributed by atoms with Crippen molar-refractivity contribution in [1.29, 1.82) is 0 Å². The van der Waals surface area contributed by atoms with Crippen LogP contribution in [0.1, 0.15) is 78.6 Å². The number of thioether (sulfide) groups is 1. The number of carbonyl (C=O) groups is 3. The molecule has 38 heavy (non-hydrogen) atoms. The second-order valence-corrected chi connectivity index (χ2v) is 13.3. The van der Waals surface area contributed by atoms with Crippen LogP contribution in [0.4, 0.5) is 0 Å². The number of hydrogen-bond acceptors (Lipinski definition) is 5. The van der Waals surface area contributed by atoms with Crippen LogP contribution in [0.5, 0.6) is 0 Å². The van der Waals surface area contributed by atoms with Gasteiger partial charge in [-0.25, -0.2) is 0 Å². The Balaban J connectivity index is 2.01. The Labute approximate surface area is 234 Å². The molecule has 3 aliphatic rings. The first-order valence-electron chi connectivity index (χ1n) is 14.7. The molecule has 5 atom stereocenters. The predicted molar refractivity (Wildman–Crippen MR) is 155 cm³/mol. The lowest BCUT2D eigenvalue weighted by Crippen LogP contribution is -2.55. The smallest absolute Gasteiger partial charge is 0.247 e. The monoisotopic (exact) mass is 547 g/mol. The molecule has 0 saturated carbocycles. The largest absolute Gasteiger partial charge is 0.396 e. The van der Waals surface area contributed by atoms with Gasteiger partial charge in [0.25, 0.3) is 0 Å². The first kappa shape index (κ1) is 30.7. The minimum atomic E-state index is -0.587. The van der Waals surface area contributed by atoms with Gasteiger partial charge in [-0.2, -0.15) is 0 Å². The lowest BCUT2D eigenvalue weighted by Gasteiger charge is -2.38. The van der Waals surface area contributed by atoms with E-state index in [4.69, 9.17) is 0 Å². The number of amides is 3. The summed E-state index contributed by atoms with van der Waals surface area (Å²) < 4.78 is -0.950. The molecule has 2 unspecified atom stereocenters. The van der Waals surface area contributed by atoms with Crippen LogP contribution >= 0.6 is 11.8 Å². The molecule has 2 bridgehead atoms. The molecule has 1 spiro atoms. The summed E-state index contributed by atoms with van der Waals surface area (Å²) in [7, 11) is 0. The standard InChI is InChI=1S/C30H49N3O4S/c1-6-10-12-20-32(19-9-4)28(37)25-30-16-15-29(5,38-30)23(26(35)31(17-7-2)18-8-3)24(30)27(36)33(25)21-13-11-14-22-34/h7,9,23-25,34H,2,4,6,8,10-22H2,1,3,5H3/t23-,24-,25?,29+,30?/m0/s1. The van der Waals surface area contributed by atoms with Gasteiger partial charge in [-0.05, 0) is 51.9 Å². The van der Waals surface area contributed by atoms with Crippen LogP contribution < -0.4 is 0 Å². The highest BCUT2D eigenvalue weighted by atomic mass is 32.2. The number of nitrogens with zero attached hydrogens (tertiary/aromatic N) is 3. The van der Waals surface area contributed by atoms with Gasteiger partial charge in [0.2, 0.25) is 17.7 Å². The summed E-state index contributed by atoms with van der Waals surface area (Å²) in [6, 6.07) is -0.570. The van der Waals surface area contributed by atoms with E-state index in [1.165, 1.54) is 0 Å². The molecule has 0 aromatic rings. The van der Waals surface area contributed by atoms with Gasteiger partial charge in [0, 0.05) is 44.1 Å². The molecule has 3 rings (SSSR count). The molecule has 3 fully saturated rings. The minimum Gasteiger partial charge on any atom is -0.396 e. The number of likely N-dealkylation sites (tertiary alicyclic amines) is 1. The van der Waals surface area contributed by atoms with Crippen molar-refractivity contribution >= 4 is 29.5 Å². The third-order valence-electron chi connectivity index (χ3n) is 8.68. The van der Waals surface area contributed by atoms with Crippen LogP contribution in [0.25, 0.3) is 0 Å². The summed E-state index contributed by atoms with van der Waals surface area (Å²) in [6.45, 7) is 16.9. The van der Waals surface area contributed by atoms with Crippen LogP contribution in [0, 0.1) is 11.8 Å². The minimum absolute atomic E-state index is 0.000339. The van der Waals surface area contributed by atoms with E-state index in [1.807, 2.05) is 14.7 Å². The van der Waals surface area contributed by atoms with Crippen molar-refractivity contribution in [1.82, 2.24) is 14.7 Å². The topological polar surface area (TPSA) is 81.2 Å². The van der Waals surface area contributed by atoms with E-state index < -0.39 is 22.6 Å². The summed E-state index contributed by atoms with van der Waals surface area (Å²) in [5.74, 6) is -0.938. The van der Waals surface area contributed by atoms with E-state index in [2.05, 4.69) is 33.9 Å². The van der Waals surface area contributed by atoms with Crippen LogP contribution in [0.2, 0.25) is 0 Å². The third kappa shape index (κ3) is 5.72. The second-order valence-electron chi connectivity index (χ2n) is 11.4. The van der Waals surface area contributed by atoms with Crippen LogP contribution in [0.15, 0.2) is 25.3 Å². The first-order chi connectivity index (χ1) is 18.3. The number of hydrogen-bond donors (Lipinski definition) is 1. The van der Waals surface area contributed by atoms with Gasteiger partial charge >= 0.3 is 0 Å². The quantitative estimate of drug-likeness (QED) is 0.217. The van der Waals surface area contributed by atoms with Gasteiger partial charge in [-0.15, -0.1) is 24.9 Å². The van der Waals surface area contributed by atoms with Gasteiger partial charge in [-0.3, -0.25) is 14.4 Å². The highest BCUT2D eigenvalue weighted by Crippen LogP contribution is 2.71. The summed E-state index contributed by atoms with van der Waals surface area (Å²) in [4.78, 5) is 48.2. The number of fused-ring (bicyclic) bond motifs is 1. The van der Waals surface area contributed by atoms with Crippen molar-refractivity contribution in [2.24, 2.45) is 11.8 Å². The van der Waals surface area contributed by atoms with Crippen LogP contribution in [0.3, 0.4) is 0 Å². The van der Waals surface area contributed by atoms with Crippen LogP contribution in [-0.2, 0) is 14.4 Å². The normalized spacial score (nSPS) is 29.4. The van der Waals surface area contributed by atoms with E-state index in [0.29, 0.717) is 39.1 Å². The number of aliphatic hydroxyl groups is 1. The third-order valence-corrected chi connectivity index (χ3v) is 10.7. The maximum absolute atomic E-state index is 14.3.